The van der Waals surface area contributed by atoms with E-state index in [-0.39, 0.29) is 5.97 Å². The molecule has 0 atom stereocenters. The molecule has 1 aliphatic rings. The zero-order valence-corrected chi connectivity index (χ0v) is 11.4. The van der Waals surface area contributed by atoms with Crippen LogP contribution in [0, 0.1) is 5.92 Å². The number of nitrogens with two attached hydrogens (primary N) is 1. The minimum atomic E-state index is -0.388. The molecular formula is C15H21NO3. The Morgan fingerprint density at radius 1 is 1.42 bits per heavy atom. The maximum Gasteiger partial charge on any atom is 0.344 e. The Labute approximate surface area is 113 Å². The number of hydrogen-bond acceptors (Lipinski definition) is 4. The van der Waals surface area contributed by atoms with Gasteiger partial charge in [-0.05, 0) is 31.4 Å². The minimum absolute atomic E-state index is 0.345. The van der Waals surface area contributed by atoms with Crippen LogP contribution in [-0.4, -0.2) is 19.2 Å². The molecule has 0 spiro atoms. The molecule has 1 aliphatic carbocycles. The predicted molar refractivity (Wildman–Crippen MR) is 74.3 cm³/mol. The Bertz CT molecular complexity index is 441. The summed E-state index contributed by atoms with van der Waals surface area (Å²) in [5.41, 5.74) is 6.59. The Balaban J connectivity index is 1.96. The summed E-state index contributed by atoms with van der Waals surface area (Å²) < 4.78 is 10.7. The first kappa shape index (κ1) is 13.7. The molecule has 0 radical (unpaired) electrons. The second-order valence-electron chi connectivity index (χ2n) is 4.87. The van der Waals surface area contributed by atoms with Gasteiger partial charge in [-0.2, -0.15) is 0 Å². The highest BCUT2D eigenvalue weighted by Gasteiger charge is 2.20. The predicted octanol–water partition coefficient (Wildman–Crippen LogP) is 3.01. The summed E-state index contributed by atoms with van der Waals surface area (Å²) in [6.07, 6.45) is 4.77. The fourth-order valence-corrected chi connectivity index (χ4v) is 2.21. The lowest BCUT2D eigenvalue weighted by molar-refractivity contribution is 0.0461. The minimum Gasteiger partial charge on any atom is -0.493 e. The van der Waals surface area contributed by atoms with Gasteiger partial charge >= 0.3 is 5.97 Å². The molecule has 2 rings (SSSR count). The van der Waals surface area contributed by atoms with Gasteiger partial charge < -0.3 is 15.2 Å². The van der Waals surface area contributed by atoms with Gasteiger partial charge in [-0.25, -0.2) is 4.79 Å². The topological polar surface area (TPSA) is 61.5 Å². The van der Waals surface area contributed by atoms with Gasteiger partial charge in [0, 0.05) is 5.69 Å². The Kier molecular flexibility index (Phi) is 4.66. The average Bonchev–Trinajstić information content (AvgIpc) is 2.32. The lowest BCUT2D eigenvalue weighted by atomic mass is 9.83. The zero-order chi connectivity index (χ0) is 13.7. The van der Waals surface area contributed by atoms with Crippen molar-refractivity contribution in [3.63, 3.8) is 0 Å². The van der Waals surface area contributed by atoms with Gasteiger partial charge in [0.15, 0.2) is 0 Å². The summed E-state index contributed by atoms with van der Waals surface area (Å²) in [4.78, 5) is 12.1. The molecule has 0 aromatic heterocycles. The monoisotopic (exact) mass is 263 g/mol. The second kappa shape index (κ2) is 6.45. The molecule has 1 aromatic rings. The Morgan fingerprint density at radius 3 is 2.84 bits per heavy atom. The van der Waals surface area contributed by atoms with Gasteiger partial charge in [0.25, 0.3) is 0 Å². The van der Waals surface area contributed by atoms with E-state index in [0.717, 1.165) is 12.3 Å². The highest BCUT2D eigenvalue weighted by Crippen LogP contribution is 2.30. The first-order chi connectivity index (χ1) is 9.22. The number of esters is 1. The lowest BCUT2D eigenvalue weighted by Crippen LogP contribution is -2.16. The molecule has 0 amide bonds. The van der Waals surface area contributed by atoms with Crippen molar-refractivity contribution in [3.05, 3.63) is 23.8 Å². The van der Waals surface area contributed by atoms with Crippen molar-refractivity contribution in [2.45, 2.75) is 32.6 Å². The summed E-state index contributed by atoms with van der Waals surface area (Å²) in [7, 11) is 0. The summed E-state index contributed by atoms with van der Waals surface area (Å²) in [6.45, 7) is 2.82. The van der Waals surface area contributed by atoms with Crippen molar-refractivity contribution in [1.29, 1.82) is 0 Å². The molecule has 0 heterocycles. The van der Waals surface area contributed by atoms with E-state index < -0.39 is 0 Å². The normalized spacial score (nSPS) is 14.8. The van der Waals surface area contributed by atoms with Gasteiger partial charge in [-0.15, -0.1) is 0 Å². The largest absolute Gasteiger partial charge is 0.493 e. The molecule has 1 saturated carbocycles. The van der Waals surface area contributed by atoms with Gasteiger partial charge in [0.05, 0.1) is 13.2 Å². The van der Waals surface area contributed by atoms with Crippen LogP contribution in [0.25, 0.3) is 0 Å². The Morgan fingerprint density at radius 2 is 2.21 bits per heavy atom. The van der Waals surface area contributed by atoms with Gasteiger partial charge in [0.1, 0.15) is 11.3 Å². The first-order valence-corrected chi connectivity index (χ1v) is 6.90. The van der Waals surface area contributed by atoms with Crippen LogP contribution in [0.15, 0.2) is 18.2 Å². The maximum atomic E-state index is 12.1. The quantitative estimate of drug-likeness (QED) is 0.633. The van der Waals surface area contributed by atoms with E-state index >= 15 is 0 Å². The third-order valence-corrected chi connectivity index (χ3v) is 3.55. The lowest BCUT2D eigenvalue weighted by Gasteiger charge is -2.24. The third kappa shape index (κ3) is 3.40. The molecule has 4 nitrogen and oxygen atoms in total. The van der Waals surface area contributed by atoms with Gasteiger partial charge in [-0.3, -0.25) is 0 Å². The fourth-order valence-electron chi connectivity index (χ4n) is 2.21. The number of anilines is 1. The average molecular weight is 263 g/mol. The number of carbonyl (C=O) groups excluding carboxylic acids is 1. The SMILES string of the molecule is CCOc1cccc(N)c1C(=O)OCCC1CCC1. The first-order valence-electron chi connectivity index (χ1n) is 6.90. The highest BCUT2D eigenvalue weighted by molar-refractivity contribution is 5.98. The van der Waals surface area contributed by atoms with Gasteiger partial charge in [0.2, 0.25) is 0 Å². The van der Waals surface area contributed by atoms with E-state index in [0.29, 0.717) is 30.2 Å². The van der Waals surface area contributed by atoms with Crippen molar-refractivity contribution < 1.29 is 14.3 Å². The molecule has 2 N–H and O–H groups in total. The smallest absolute Gasteiger partial charge is 0.344 e. The molecular weight excluding hydrogens is 242 g/mol. The van der Waals surface area contributed by atoms with E-state index in [2.05, 4.69) is 0 Å². The molecule has 0 saturated heterocycles. The molecule has 104 valence electrons. The maximum absolute atomic E-state index is 12.1. The van der Waals surface area contributed by atoms with E-state index in [9.17, 15) is 4.79 Å². The molecule has 1 fully saturated rings. The van der Waals surface area contributed by atoms with Crippen LogP contribution in [0.4, 0.5) is 5.69 Å². The van der Waals surface area contributed by atoms with Crippen molar-refractivity contribution in [2.24, 2.45) is 5.92 Å². The fraction of sp³-hybridized carbons (Fsp3) is 0.533. The zero-order valence-electron chi connectivity index (χ0n) is 11.4. The van der Waals surface area contributed by atoms with E-state index in [1.165, 1.54) is 19.3 Å². The van der Waals surface area contributed by atoms with Crippen molar-refractivity contribution in [3.8, 4) is 5.75 Å². The standard InChI is InChI=1S/C15H21NO3/c1-2-18-13-8-4-7-12(16)14(13)15(17)19-10-9-11-5-3-6-11/h4,7-8,11H,2-3,5-6,9-10,16H2,1H3. The molecule has 19 heavy (non-hydrogen) atoms. The highest BCUT2D eigenvalue weighted by atomic mass is 16.5. The number of hydrogen-bond donors (Lipinski definition) is 1. The van der Waals surface area contributed by atoms with E-state index in [1.54, 1.807) is 18.2 Å². The second-order valence-corrected chi connectivity index (χ2v) is 4.87. The molecule has 0 bridgehead atoms. The summed E-state index contributed by atoms with van der Waals surface area (Å²) in [5, 5.41) is 0. The van der Waals surface area contributed by atoms with E-state index in [1.807, 2.05) is 6.92 Å². The van der Waals surface area contributed by atoms with Gasteiger partial charge in [-0.1, -0.05) is 25.3 Å². The molecule has 4 heteroatoms. The molecule has 0 unspecified atom stereocenters. The summed E-state index contributed by atoms with van der Waals surface area (Å²) in [5.74, 6) is 0.837. The van der Waals surface area contributed by atoms with Crippen LogP contribution in [0.2, 0.25) is 0 Å². The van der Waals surface area contributed by atoms with Crippen molar-refractivity contribution >= 4 is 11.7 Å². The summed E-state index contributed by atoms with van der Waals surface area (Å²) in [6, 6.07) is 5.19. The number of carbonyl (C=O) groups is 1. The number of benzene rings is 1. The van der Waals surface area contributed by atoms with Crippen LogP contribution < -0.4 is 10.5 Å². The molecule has 1 aromatic carbocycles. The number of rotatable bonds is 6. The Hall–Kier alpha value is -1.71. The van der Waals surface area contributed by atoms with E-state index in [4.69, 9.17) is 15.2 Å². The summed E-state index contributed by atoms with van der Waals surface area (Å²) >= 11 is 0. The molecule has 0 aliphatic heterocycles. The number of nitrogen functional groups attached to an aromatic ring is 1. The third-order valence-electron chi connectivity index (χ3n) is 3.55. The van der Waals surface area contributed by atoms with Crippen LogP contribution in [0.3, 0.4) is 0 Å². The van der Waals surface area contributed by atoms with Crippen LogP contribution >= 0.6 is 0 Å². The van der Waals surface area contributed by atoms with Crippen LogP contribution in [0.1, 0.15) is 43.0 Å². The van der Waals surface area contributed by atoms with Crippen molar-refractivity contribution in [1.82, 2.24) is 0 Å². The van der Waals surface area contributed by atoms with Crippen LogP contribution in [-0.2, 0) is 4.74 Å². The van der Waals surface area contributed by atoms with Crippen molar-refractivity contribution in [2.75, 3.05) is 18.9 Å². The number of ether oxygens (including phenoxy) is 2. The van der Waals surface area contributed by atoms with Crippen LogP contribution in [0.5, 0.6) is 5.75 Å².